The van der Waals surface area contributed by atoms with E-state index in [-0.39, 0.29) is 22.7 Å². The summed E-state index contributed by atoms with van der Waals surface area (Å²) in [5, 5.41) is 0. The zero-order chi connectivity index (χ0) is 14.8. The molecule has 0 radical (unpaired) electrons. The highest BCUT2D eigenvalue weighted by Gasteiger charge is 2.27. The number of halogens is 1. The number of likely N-dealkylation sites (N-methyl/N-ethyl adjacent to an activating group) is 1. The number of nitrogens with two attached hydrogens (primary N) is 1. The van der Waals surface area contributed by atoms with Gasteiger partial charge in [0.1, 0.15) is 5.82 Å². The van der Waals surface area contributed by atoms with Crippen molar-refractivity contribution in [2.24, 2.45) is 0 Å². The minimum atomic E-state index is -3.70. The lowest BCUT2D eigenvalue weighted by Gasteiger charge is -2.22. The van der Waals surface area contributed by atoms with Crippen molar-refractivity contribution in [2.45, 2.75) is 25.7 Å². The molecule has 0 amide bonds. The maximum atomic E-state index is 13.5. The van der Waals surface area contributed by atoms with Gasteiger partial charge in [0.25, 0.3) is 0 Å². The highest BCUT2D eigenvalue weighted by Crippen LogP contribution is 2.29. The third-order valence-electron chi connectivity index (χ3n) is 2.99. The number of sulfonamides is 1. The van der Waals surface area contributed by atoms with Gasteiger partial charge in [-0.1, -0.05) is 13.0 Å². The Morgan fingerprint density at radius 1 is 1.47 bits per heavy atom. The van der Waals surface area contributed by atoms with E-state index in [9.17, 15) is 12.8 Å². The first-order valence-electron chi connectivity index (χ1n) is 5.93. The Balaban J connectivity index is 3.53. The standard InChI is InChI=1S/C13H19FN2O2S/c1-5-7-16(6-2)19(17,18)13-9(3)8-11(14)12(15)10(13)4/h5,8H,1,6-7,15H2,2-4H3. The fourth-order valence-electron chi connectivity index (χ4n) is 2.00. The minimum absolute atomic E-state index is 0.0788. The number of hydrogen-bond donors (Lipinski definition) is 1. The van der Waals surface area contributed by atoms with E-state index in [1.54, 1.807) is 13.8 Å². The molecule has 0 saturated heterocycles. The van der Waals surface area contributed by atoms with Crippen LogP contribution in [-0.2, 0) is 10.0 Å². The van der Waals surface area contributed by atoms with Crippen LogP contribution in [0, 0.1) is 19.7 Å². The molecule has 1 aromatic rings. The van der Waals surface area contributed by atoms with Crippen LogP contribution >= 0.6 is 0 Å². The van der Waals surface area contributed by atoms with Gasteiger partial charge in [-0.25, -0.2) is 12.8 Å². The van der Waals surface area contributed by atoms with Crippen LogP contribution < -0.4 is 5.73 Å². The van der Waals surface area contributed by atoms with Crippen LogP contribution in [0.15, 0.2) is 23.6 Å². The summed E-state index contributed by atoms with van der Waals surface area (Å²) in [6, 6.07) is 1.15. The smallest absolute Gasteiger partial charge is 0.243 e. The molecule has 0 aliphatic carbocycles. The van der Waals surface area contributed by atoms with Crippen molar-refractivity contribution in [3.8, 4) is 0 Å². The summed E-state index contributed by atoms with van der Waals surface area (Å²) in [5.74, 6) is -0.597. The van der Waals surface area contributed by atoms with E-state index in [0.717, 1.165) is 6.07 Å². The molecule has 106 valence electrons. The highest BCUT2D eigenvalue weighted by molar-refractivity contribution is 7.89. The van der Waals surface area contributed by atoms with Crippen molar-refractivity contribution in [1.29, 1.82) is 0 Å². The zero-order valence-corrected chi connectivity index (χ0v) is 12.2. The first kappa shape index (κ1) is 15.7. The molecule has 0 heterocycles. The van der Waals surface area contributed by atoms with Gasteiger partial charge in [0.2, 0.25) is 10.0 Å². The van der Waals surface area contributed by atoms with E-state index < -0.39 is 15.8 Å². The molecule has 0 fully saturated rings. The van der Waals surface area contributed by atoms with Crippen LogP contribution in [0.25, 0.3) is 0 Å². The Morgan fingerprint density at radius 3 is 2.53 bits per heavy atom. The highest BCUT2D eigenvalue weighted by atomic mass is 32.2. The van der Waals surface area contributed by atoms with E-state index in [2.05, 4.69) is 6.58 Å². The number of aryl methyl sites for hydroxylation is 1. The van der Waals surface area contributed by atoms with Gasteiger partial charge in [-0.15, -0.1) is 6.58 Å². The summed E-state index contributed by atoms with van der Waals surface area (Å²) in [4.78, 5) is 0.0788. The number of nitrogen functional groups attached to an aromatic ring is 1. The number of anilines is 1. The molecular formula is C13H19FN2O2S. The average molecular weight is 286 g/mol. The first-order valence-corrected chi connectivity index (χ1v) is 7.37. The molecule has 0 bridgehead atoms. The lowest BCUT2D eigenvalue weighted by atomic mass is 10.1. The van der Waals surface area contributed by atoms with Crippen LogP contribution in [0.3, 0.4) is 0 Å². The lowest BCUT2D eigenvalue weighted by molar-refractivity contribution is 0.459. The van der Waals surface area contributed by atoms with Gasteiger partial charge in [0.05, 0.1) is 10.6 Å². The first-order chi connectivity index (χ1) is 8.77. The third kappa shape index (κ3) is 2.79. The summed E-state index contributed by atoms with van der Waals surface area (Å²) in [7, 11) is -3.70. The van der Waals surface area contributed by atoms with Gasteiger partial charge in [0.15, 0.2) is 0 Å². The molecular weight excluding hydrogens is 267 g/mol. The second kappa shape index (κ2) is 5.71. The SMILES string of the molecule is C=CCN(CC)S(=O)(=O)c1c(C)cc(F)c(N)c1C. The molecule has 0 spiro atoms. The second-order valence-electron chi connectivity index (χ2n) is 4.29. The third-order valence-corrected chi connectivity index (χ3v) is 5.22. The van der Waals surface area contributed by atoms with Gasteiger partial charge in [0, 0.05) is 13.1 Å². The molecule has 1 aromatic carbocycles. The molecule has 0 saturated carbocycles. The van der Waals surface area contributed by atoms with E-state index in [1.807, 2.05) is 0 Å². The molecule has 0 atom stereocenters. The Bertz CT molecular complexity index is 597. The van der Waals surface area contributed by atoms with E-state index in [4.69, 9.17) is 5.73 Å². The van der Waals surface area contributed by atoms with E-state index in [0.29, 0.717) is 12.1 Å². The van der Waals surface area contributed by atoms with Crippen molar-refractivity contribution < 1.29 is 12.8 Å². The number of nitrogens with zero attached hydrogens (tertiary/aromatic N) is 1. The van der Waals surface area contributed by atoms with Crippen LogP contribution in [0.2, 0.25) is 0 Å². The normalized spacial score (nSPS) is 11.8. The van der Waals surface area contributed by atoms with Gasteiger partial charge < -0.3 is 5.73 Å². The molecule has 1 rings (SSSR count). The van der Waals surface area contributed by atoms with E-state index >= 15 is 0 Å². The predicted octanol–water partition coefficient (Wildman–Crippen LogP) is 2.22. The van der Waals surface area contributed by atoms with Gasteiger partial charge in [-0.3, -0.25) is 0 Å². The van der Waals surface area contributed by atoms with Gasteiger partial charge in [-0.05, 0) is 31.0 Å². The molecule has 6 heteroatoms. The van der Waals surface area contributed by atoms with Crippen molar-refractivity contribution in [2.75, 3.05) is 18.8 Å². The largest absolute Gasteiger partial charge is 0.396 e. The van der Waals surface area contributed by atoms with Crippen molar-refractivity contribution in [1.82, 2.24) is 4.31 Å². The summed E-state index contributed by atoms with van der Waals surface area (Å²) < 4.78 is 39.9. The number of benzene rings is 1. The average Bonchev–Trinajstić information content (AvgIpc) is 2.32. The summed E-state index contributed by atoms with van der Waals surface area (Å²) >= 11 is 0. The topological polar surface area (TPSA) is 63.4 Å². The van der Waals surface area contributed by atoms with Crippen molar-refractivity contribution >= 4 is 15.7 Å². The van der Waals surface area contributed by atoms with Gasteiger partial charge in [-0.2, -0.15) is 4.31 Å². The fraction of sp³-hybridized carbons (Fsp3) is 0.385. The van der Waals surface area contributed by atoms with E-state index in [1.165, 1.54) is 17.3 Å². The number of rotatable bonds is 5. The number of hydrogen-bond acceptors (Lipinski definition) is 3. The van der Waals surface area contributed by atoms with Crippen LogP contribution in [0.4, 0.5) is 10.1 Å². The van der Waals surface area contributed by atoms with Crippen LogP contribution in [-0.4, -0.2) is 25.8 Å². The zero-order valence-electron chi connectivity index (χ0n) is 11.4. The van der Waals surface area contributed by atoms with Gasteiger partial charge >= 0.3 is 0 Å². The molecule has 0 aliphatic rings. The molecule has 0 unspecified atom stereocenters. The minimum Gasteiger partial charge on any atom is -0.396 e. The molecule has 2 N–H and O–H groups in total. The molecule has 4 nitrogen and oxygen atoms in total. The lowest BCUT2D eigenvalue weighted by Crippen LogP contribution is -2.32. The Hall–Kier alpha value is -1.40. The maximum absolute atomic E-state index is 13.5. The quantitative estimate of drug-likeness (QED) is 0.667. The fourth-order valence-corrected chi connectivity index (χ4v) is 3.86. The van der Waals surface area contributed by atoms with Crippen molar-refractivity contribution in [3.63, 3.8) is 0 Å². The summed E-state index contributed by atoms with van der Waals surface area (Å²) in [6.07, 6.45) is 1.51. The second-order valence-corrected chi connectivity index (χ2v) is 6.16. The summed E-state index contributed by atoms with van der Waals surface area (Å²) in [5.41, 5.74) is 6.06. The maximum Gasteiger partial charge on any atom is 0.243 e. The van der Waals surface area contributed by atoms with Crippen LogP contribution in [0.1, 0.15) is 18.1 Å². The van der Waals surface area contributed by atoms with Crippen LogP contribution in [0.5, 0.6) is 0 Å². The Kier molecular flexibility index (Phi) is 4.70. The molecule has 0 aliphatic heterocycles. The molecule has 19 heavy (non-hydrogen) atoms. The Labute approximate surface area is 113 Å². The van der Waals surface area contributed by atoms with Crippen molar-refractivity contribution in [3.05, 3.63) is 35.7 Å². The summed E-state index contributed by atoms with van der Waals surface area (Å²) in [6.45, 7) is 8.86. The predicted molar refractivity (Wildman–Crippen MR) is 74.9 cm³/mol. The monoisotopic (exact) mass is 286 g/mol. The molecule has 0 aromatic heterocycles. The Morgan fingerprint density at radius 2 is 2.05 bits per heavy atom.